The second-order valence-electron chi connectivity index (χ2n) is 4.11. The first kappa shape index (κ1) is 12.8. The van der Waals surface area contributed by atoms with Gasteiger partial charge in [-0.15, -0.1) is 0 Å². The van der Waals surface area contributed by atoms with Gasteiger partial charge < -0.3 is 15.0 Å². The highest BCUT2D eigenvalue weighted by atomic mass is 16.3. The van der Waals surface area contributed by atoms with Crippen molar-refractivity contribution in [1.82, 2.24) is 9.88 Å². The molecule has 4 nitrogen and oxygen atoms in total. The Bertz CT molecular complexity index is 345. The van der Waals surface area contributed by atoms with Crippen molar-refractivity contribution in [2.24, 2.45) is 0 Å². The standard InChI is InChI=1S/C12H20N2O2/c1-4-9(2)13-12(16)8-14-7-5-6-11(14)10(3)15/h5-7,9-10,15H,4,8H2,1-3H3,(H,13,16). The number of aliphatic hydroxyl groups excluding tert-OH is 1. The van der Waals surface area contributed by atoms with Crippen molar-refractivity contribution in [1.29, 1.82) is 0 Å². The van der Waals surface area contributed by atoms with Crippen LogP contribution in [0.3, 0.4) is 0 Å². The molecule has 0 saturated heterocycles. The largest absolute Gasteiger partial charge is 0.387 e. The fourth-order valence-corrected chi connectivity index (χ4v) is 1.53. The molecule has 0 saturated carbocycles. The van der Waals surface area contributed by atoms with Crippen LogP contribution in [0.15, 0.2) is 18.3 Å². The first-order valence-electron chi connectivity index (χ1n) is 5.67. The zero-order valence-corrected chi connectivity index (χ0v) is 10.1. The molecule has 2 N–H and O–H groups in total. The van der Waals surface area contributed by atoms with Gasteiger partial charge in [-0.3, -0.25) is 4.79 Å². The van der Waals surface area contributed by atoms with Gasteiger partial charge in [0.05, 0.1) is 6.10 Å². The molecule has 0 aliphatic carbocycles. The summed E-state index contributed by atoms with van der Waals surface area (Å²) in [6.07, 6.45) is 2.17. The van der Waals surface area contributed by atoms with Gasteiger partial charge >= 0.3 is 0 Å². The van der Waals surface area contributed by atoms with E-state index in [1.165, 1.54) is 0 Å². The zero-order valence-electron chi connectivity index (χ0n) is 10.1. The van der Waals surface area contributed by atoms with Crippen molar-refractivity contribution < 1.29 is 9.90 Å². The molecule has 1 aromatic heterocycles. The Hall–Kier alpha value is -1.29. The van der Waals surface area contributed by atoms with E-state index in [2.05, 4.69) is 5.32 Å². The molecule has 1 rings (SSSR count). The van der Waals surface area contributed by atoms with Crippen LogP contribution in [0.4, 0.5) is 0 Å². The van der Waals surface area contributed by atoms with Gasteiger partial charge in [0.15, 0.2) is 0 Å². The number of carbonyl (C=O) groups excluding carboxylic acids is 1. The summed E-state index contributed by atoms with van der Waals surface area (Å²) < 4.78 is 1.77. The molecule has 0 aromatic carbocycles. The fourth-order valence-electron chi connectivity index (χ4n) is 1.53. The number of hydrogen-bond donors (Lipinski definition) is 2. The molecular weight excluding hydrogens is 204 g/mol. The lowest BCUT2D eigenvalue weighted by atomic mass is 10.2. The van der Waals surface area contributed by atoms with Crippen molar-refractivity contribution in [2.45, 2.75) is 45.9 Å². The van der Waals surface area contributed by atoms with Gasteiger partial charge in [-0.1, -0.05) is 6.92 Å². The molecule has 1 aromatic rings. The van der Waals surface area contributed by atoms with Gasteiger partial charge in [-0.2, -0.15) is 0 Å². The molecule has 0 bridgehead atoms. The highest BCUT2D eigenvalue weighted by Gasteiger charge is 2.10. The first-order valence-corrected chi connectivity index (χ1v) is 5.67. The van der Waals surface area contributed by atoms with Crippen LogP contribution in [-0.2, 0) is 11.3 Å². The van der Waals surface area contributed by atoms with E-state index in [9.17, 15) is 9.90 Å². The lowest BCUT2D eigenvalue weighted by molar-refractivity contribution is -0.122. The molecule has 0 radical (unpaired) electrons. The van der Waals surface area contributed by atoms with E-state index in [1.807, 2.05) is 26.0 Å². The number of amides is 1. The number of carbonyl (C=O) groups is 1. The van der Waals surface area contributed by atoms with Crippen LogP contribution in [0.25, 0.3) is 0 Å². The monoisotopic (exact) mass is 224 g/mol. The molecular formula is C12H20N2O2. The second kappa shape index (κ2) is 5.70. The van der Waals surface area contributed by atoms with Crippen LogP contribution in [-0.4, -0.2) is 21.6 Å². The summed E-state index contributed by atoms with van der Waals surface area (Å²) in [5.74, 6) is -0.0209. The number of aromatic nitrogens is 1. The SMILES string of the molecule is CCC(C)NC(=O)Cn1cccc1C(C)O. The minimum Gasteiger partial charge on any atom is -0.387 e. The average Bonchev–Trinajstić information content (AvgIpc) is 2.65. The fraction of sp³-hybridized carbons (Fsp3) is 0.583. The van der Waals surface area contributed by atoms with Crippen molar-refractivity contribution in [3.63, 3.8) is 0 Å². The van der Waals surface area contributed by atoms with Crippen molar-refractivity contribution in [3.8, 4) is 0 Å². The topological polar surface area (TPSA) is 54.3 Å². The summed E-state index contributed by atoms with van der Waals surface area (Å²) in [7, 11) is 0. The van der Waals surface area contributed by atoms with E-state index in [-0.39, 0.29) is 18.5 Å². The summed E-state index contributed by atoms with van der Waals surface area (Å²) in [6, 6.07) is 3.85. The normalized spacial score (nSPS) is 14.5. The summed E-state index contributed by atoms with van der Waals surface area (Å²) in [4.78, 5) is 11.6. The smallest absolute Gasteiger partial charge is 0.240 e. The molecule has 0 fully saturated rings. The van der Waals surface area contributed by atoms with E-state index < -0.39 is 6.10 Å². The summed E-state index contributed by atoms with van der Waals surface area (Å²) in [6.45, 7) is 5.96. The Balaban J connectivity index is 2.59. The van der Waals surface area contributed by atoms with Crippen LogP contribution < -0.4 is 5.32 Å². The third-order valence-corrected chi connectivity index (χ3v) is 2.63. The lowest BCUT2D eigenvalue weighted by Crippen LogP contribution is -2.34. The number of rotatable bonds is 5. The van der Waals surface area contributed by atoms with Gasteiger partial charge in [-0.25, -0.2) is 0 Å². The first-order chi connectivity index (χ1) is 7.54. The summed E-state index contributed by atoms with van der Waals surface area (Å²) in [5.41, 5.74) is 0.763. The summed E-state index contributed by atoms with van der Waals surface area (Å²) >= 11 is 0. The van der Waals surface area contributed by atoms with E-state index in [0.717, 1.165) is 12.1 Å². The number of nitrogens with zero attached hydrogens (tertiary/aromatic N) is 1. The molecule has 16 heavy (non-hydrogen) atoms. The second-order valence-corrected chi connectivity index (χ2v) is 4.11. The van der Waals surface area contributed by atoms with Gasteiger partial charge in [0.1, 0.15) is 6.54 Å². The maximum atomic E-state index is 11.6. The van der Waals surface area contributed by atoms with Gasteiger partial charge in [-0.05, 0) is 32.4 Å². The minimum absolute atomic E-state index is 0.0209. The van der Waals surface area contributed by atoms with Crippen molar-refractivity contribution >= 4 is 5.91 Å². The van der Waals surface area contributed by atoms with Gasteiger partial charge in [0, 0.05) is 17.9 Å². The average molecular weight is 224 g/mol. The minimum atomic E-state index is -0.550. The highest BCUT2D eigenvalue weighted by molar-refractivity contribution is 5.76. The molecule has 0 spiro atoms. The van der Waals surface area contributed by atoms with E-state index in [0.29, 0.717) is 0 Å². The Labute approximate surface area is 96.3 Å². The maximum Gasteiger partial charge on any atom is 0.240 e. The third kappa shape index (κ3) is 3.38. The van der Waals surface area contributed by atoms with Crippen LogP contribution in [0, 0.1) is 0 Å². The lowest BCUT2D eigenvalue weighted by Gasteiger charge is -2.14. The van der Waals surface area contributed by atoms with Crippen LogP contribution >= 0.6 is 0 Å². The highest BCUT2D eigenvalue weighted by Crippen LogP contribution is 2.12. The van der Waals surface area contributed by atoms with Crippen molar-refractivity contribution in [2.75, 3.05) is 0 Å². The van der Waals surface area contributed by atoms with Gasteiger partial charge in [0.2, 0.25) is 5.91 Å². The maximum absolute atomic E-state index is 11.6. The van der Waals surface area contributed by atoms with E-state index in [1.54, 1.807) is 17.7 Å². The summed E-state index contributed by atoms with van der Waals surface area (Å²) in [5, 5.41) is 12.4. The van der Waals surface area contributed by atoms with E-state index in [4.69, 9.17) is 0 Å². The Morgan fingerprint density at radius 1 is 1.56 bits per heavy atom. The molecule has 2 atom stereocenters. The number of aliphatic hydroxyl groups is 1. The molecule has 90 valence electrons. The predicted octanol–water partition coefficient (Wildman–Crippen LogP) is 1.46. The Morgan fingerprint density at radius 2 is 2.25 bits per heavy atom. The molecule has 0 aliphatic rings. The number of hydrogen-bond acceptors (Lipinski definition) is 2. The number of nitrogens with one attached hydrogen (secondary N) is 1. The molecule has 1 heterocycles. The third-order valence-electron chi connectivity index (χ3n) is 2.63. The van der Waals surface area contributed by atoms with Crippen molar-refractivity contribution in [3.05, 3.63) is 24.0 Å². The van der Waals surface area contributed by atoms with E-state index >= 15 is 0 Å². The molecule has 1 amide bonds. The molecule has 2 unspecified atom stereocenters. The van der Waals surface area contributed by atoms with Crippen LogP contribution in [0.1, 0.15) is 39.0 Å². The van der Waals surface area contributed by atoms with Crippen LogP contribution in [0.5, 0.6) is 0 Å². The quantitative estimate of drug-likeness (QED) is 0.795. The molecule has 0 aliphatic heterocycles. The zero-order chi connectivity index (χ0) is 12.1. The predicted molar refractivity (Wildman–Crippen MR) is 63.0 cm³/mol. The van der Waals surface area contributed by atoms with Crippen LogP contribution in [0.2, 0.25) is 0 Å². The van der Waals surface area contributed by atoms with Gasteiger partial charge in [0.25, 0.3) is 0 Å². The Kier molecular flexibility index (Phi) is 4.55. The Morgan fingerprint density at radius 3 is 2.81 bits per heavy atom. The molecule has 4 heteroatoms.